The van der Waals surface area contributed by atoms with Gasteiger partial charge in [-0.15, -0.1) is 0 Å². The molecular formula is C12H9ClFNO2. The van der Waals surface area contributed by atoms with E-state index in [-0.39, 0.29) is 11.4 Å². The number of hydrogen-bond acceptors (Lipinski definition) is 3. The number of nitrogens with zero attached hydrogens (tertiary/aromatic N) is 1. The van der Waals surface area contributed by atoms with Gasteiger partial charge in [-0.3, -0.25) is 0 Å². The summed E-state index contributed by atoms with van der Waals surface area (Å²) in [7, 11) is 0. The fourth-order valence-corrected chi connectivity index (χ4v) is 1.40. The molecule has 0 fully saturated rings. The molecular weight excluding hydrogens is 245 g/mol. The third-order valence-electron chi connectivity index (χ3n) is 2.14. The van der Waals surface area contributed by atoms with Crippen molar-refractivity contribution in [3.8, 4) is 11.6 Å². The van der Waals surface area contributed by atoms with Gasteiger partial charge < -0.3 is 9.84 Å². The lowest BCUT2D eigenvalue weighted by atomic mass is 10.2. The van der Waals surface area contributed by atoms with Gasteiger partial charge in [0, 0.05) is 16.8 Å². The summed E-state index contributed by atoms with van der Waals surface area (Å²) in [5.74, 6) is -0.403. The van der Waals surface area contributed by atoms with Crippen LogP contribution >= 0.6 is 11.6 Å². The van der Waals surface area contributed by atoms with Gasteiger partial charge in [-0.2, -0.15) is 0 Å². The maximum Gasteiger partial charge on any atom is 0.256 e. The summed E-state index contributed by atoms with van der Waals surface area (Å²) >= 11 is 5.72. The molecule has 1 heterocycles. The van der Waals surface area contributed by atoms with Crippen molar-refractivity contribution >= 4 is 11.6 Å². The molecule has 17 heavy (non-hydrogen) atoms. The van der Waals surface area contributed by atoms with E-state index in [1.807, 2.05) is 0 Å². The predicted octanol–water partition coefficient (Wildman–Crippen LogP) is 3.16. The Morgan fingerprint density at radius 3 is 2.59 bits per heavy atom. The molecule has 1 aromatic heterocycles. The van der Waals surface area contributed by atoms with E-state index >= 15 is 0 Å². The summed E-state index contributed by atoms with van der Waals surface area (Å²) in [6.45, 7) is -0.397. The summed E-state index contributed by atoms with van der Waals surface area (Å²) in [6, 6.07) is 7.86. The first-order valence-electron chi connectivity index (χ1n) is 4.88. The van der Waals surface area contributed by atoms with Crippen LogP contribution in [0.2, 0.25) is 5.02 Å². The second kappa shape index (κ2) is 5.12. The fraction of sp³-hybridized carbons (Fsp3) is 0.0833. The van der Waals surface area contributed by atoms with E-state index < -0.39 is 12.4 Å². The number of aliphatic hydroxyl groups is 1. The molecule has 0 aliphatic carbocycles. The lowest BCUT2D eigenvalue weighted by Gasteiger charge is -2.07. The summed E-state index contributed by atoms with van der Waals surface area (Å²) < 4.78 is 18.9. The molecule has 0 atom stereocenters. The van der Waals surface area contributed by atoms with Gasteiger partial charge in [0.1, 0.15) is 5.75 Å². The molecule has 0 bridgehead atoms. The molecule has 0 saturated carbocycles. The van der Waals surface area contributed by atoms with Crippen LogP contribution in [0, 0.1) is 5.82 Å². The molecule has 0 aliphatic heterocycles. The first kappa shape index (κ1) is 11.8. The molecule has 0 saturated heterocycles. The van der Waals surface area contributed by atoms with Gasteiger partial charge in [0.05, 0.1) is 6.61 Å². The van der Waals surface area contributed by atoms with Gasteiger partial charge in [0.25, 0.3) is 5.88 Å². The molecule has 2 aromatic rings. The quantitative estimate of drug-likeness (QED) is 0.914. The highest BCUT2D eigenvalue weighted by molar-refractivity contribution is 6.30. The summed E-state index contributed by atoms with van der Waals surface area (Å²) in [5, 5.41) is 9.47. The molecule has 0 unspecified atom stereocenters. The topological polar surface area (TPSA) is 42.4 Å². The molecule has 0 radical (unpaired) electrons. The molecule has 2 rings (SSSR count). The lowest BCUT2D eigenvalue weighted by molar-refractivity contribution is 0.273. The van der Waals surface area contributed by atoms with Crippen molar-refractivity contribution < 1.29 is 14.2 Å². The van der Waals surface area contributed by atoms with Crippen LogP contribution in [0.15, 0.2) is 36.5 Å². The van der Waals surface area contributed by atoms with Gasteiger partial charge in [0.15, 0.2) is 5.82 Å². The number of hydrogen-bond donors (Lipinski definition) is 1. The standard InChI is InChI=1S/C12H9ClFNO2/c13-9-1-3-10(4-2-9)17-12-11(14)8(7-16)5-6-15-12/h1-6,16H,7H2. The first-order chi connectivity index (χ1) is 8.20. The number of rotatable bonds is 3. The highest BCUT2D eigenvalue weighted by Crippen LogP contribution is 2.25. The van der Waals surface area contributed by atoms with E-state index in [9.17, 15) is 4.39 Å². The molecule has 0 amide bonds. The monoisotopic (exact) mass is 253 g/mol. The average Bonchev–Trinajstić information content (AvgIpc) is 2.35. The Kier molecular flexibility index (Phi) is 3.56. The van der Waals surface area contributed by atoms with E-state index in [4.69, 9.17) is 21.4 Å². The summed E-state index contributed by atoms with van der Waals surface area (Å²) in [5.41, 5.74) is 0.143. The van der Waals surface area contributed by atoms with Crippen molar-refractivity contribution in [2.24, 2.45) is 0 Å². The minimum Gasteiger partial charge on any atom is -0.436 e. The van der Waals surface area contributed by atoms with E-state index in [0.29, 0.717) is 10.8 Å². The average molecular weight is 254 g/mol. The number of halogens is 2. The largest absolute Gasteiger partial charge is 0.436 e. The second-order valence-corrected chi connectivity index (χ2v) is 3.74. The summed E-state index contributed by atoms with van der Waals surface area (Å²) in [4.78, 5) is 3.76. The first-order valence-corrected chi connectivity index (χ1v) is 5.26. The van der Waals surface area contributed by atoms with Crippen LogP contribution in [0.3, 0.4) is 0 Å². The maximum atomic E-state index is 13.7. The lowest BCUT2D eigenvalue weighted by Crippen LogP contribution is -1.97. The Labute approximate surface area is 102 Å². The molecule has 0 aliphatic rings. The highest BCUT2D eigenvalue weighted by atomic mass is 35.5. The highest BCUT2D eigenvalue weighted by Gasteiger charge is 2.10. The van der Waals surface area contributed by atoms with Crippen LogP contribution in [-0.4, -0.2) is 10.1 Å². The molecule has 1 aromatic carbocycles. The Hall–Kier alpha value is -1.65. The minimum absolute atomic E-state index is 0.143. The van der Waals surface area contributed by atoms with Gasteiger partial charge in [-0.25, -0.2) is 9.37 Å². The second-order valence-electron chi connectivity index (χ2n) is 3.30. The Morgan fingerprint density at radius 2 is 1.94 bits per heavy atom. The normalized spacial score (nSPS) is 10.3. The van der Waals surface area contributed by atoms with E-state index in [1.165, 1.54) is 12.3 Å². The van der Waals surface area contributed by atoms with Crippen LogP contribution < -0.4 is 4.74 Å². The van der Waals surface area contributed by atoms with Crippen LogP contribution in [0.5, 0.6) is 11.6 Å². The van der Waals surface area contributed by atoms with Crippen molar-refractivity contribution in [2.45, 2.75) is 6.61 Å². The number of aliphatic hydroxyl groups excluding tert-OH is 1. The molecule has 88 valence electrons. The van der Waals surface area contributed by atoms with Crippen molar-refractivity contribution in [3.63, 3.8) is 0 Å². The molecule has 5 heteroatoms. The van der Waals surface area contributed by atoms with Crippen molar-refractivity contribution in [1.29, 1.82) is 0 Å². The third-order valence-corrected chi connectivity index (χ3v) is 2.39. The van der Waals surface area contributed by atoms with Gasteiger partial charge >= 0.3 is 0 Å². The van der Waals surface area contributed by atoms with E-state index in [0.717, 1.165) is 0 Å². The maximum absolute atomic E-state index is 13.7. The molecule has 0 spiro atoms. The zero-order valence-electron chi connectivity index (χ0n) is 8.73. The number of ether oxygens (including phenoxy) is 1. The molecule has 3 nitrogen and oxygen atoms in total. The SMILES string of the molecule is OCc1ccnc(Oc2ccc(Cl)cc2)c1F. The number of aromatic nitrogens is 1. The van der Waals surface area contributed by atoms with E-state index in [2.05, 4.69) is 4.98 Å². The minimum atomic E-state index is -0.662. The van der Waals surface area contributed by atoms with Gasteiger partial charge in [-0.1, -0.05) is 11.6 Å². The van der Waals surface area contributed by atoms with Crippen molar-refractivity contribution in [3.05, 3.63) is 52.9 Å². The number of pyridine rings is 1. The Bertz CT molecular complexity index is 516. The number of benzene rings is 1. The fourth-order valence-electron chi connectivity index (χ4n) is 1.27. The molecule has 1 N–H and O–H groups in total. The predicted molar refractivity (Wildman–Crippen MR) is 61.6 cm³/mol. The Balaban J connectivity index is 2.27. The van der Waals surface area contributed by atoms with Crippen LogP contribution in [-0.2, 0) is 6.61 Å². The smallest absolute Gasteiger partial charge is 0.256 e. The third kappa shape index (κ3) is 2.72. The van der Waals surface area contributed by atoms with Crippen molar-refractivity contribution in [2.75, 3.05) is 0 Å². The zero-order chi connectivity index (χ0) is 12.3. The van der Waals surface area contributed by atoms with Gasteiger partial charge in [-0.05, 0) is 30.3 Å². The van der Waals surface area contributed by atoms with Crippen LogP contribution in [0.4, 0.5) is 4.39 Å². The Morgan fingerprint density at radius 1 is 1.24 bits per heavy atom. The zero-order valence-corrected chi connectivity index (χ0v) is 9.49. The van der Waals surface area contributed by atoms with Crippen molar-refractivity contribution in [1.82, 2.24) is 4.98 Å². The van der Waals surface area contributed by atoms with Crippen LogP contribution in [0.1, 0.15) is 5.56 Å². The van der Waals surface area contributed by atoms with Gasteiger partial charge in [0.2, 0.25) is 0 Å². The summed E-state index contributed by atoms with van der Waals surface area (Å²) in [6.07, 6.45) is 1.37. The van der Waals surface area contributed by atoms with Crippen LogP contribution in [0.25, 0.3) is 0 Å². The van der Waals surface area contributed by atoms with E-state index in [1.54, 1.807) is 24.3 Å².